The monoisotopic (exact) mass is 391 g/mol. The van der Waals surface area contributed by atoms with Crippen LogP contribution in [0.2, 0.25) is 0 Å². The predicted octanol–water partition coefficient (Wildman–Crippen LogP) is 0.429. The third-order valence-electron chi connectivity index (χ3n) is 5.35. The van der Waals surface area contributed by atoms with Crippen molar-refractivity contribution in [3.63, 3.8) is 0 Å². The van der Waals surface area contributed by atoms with E-state index in [1.165, 1.54) is 4.90 Å². The fourth-order valence-corrected chi connectivity index (χ4v) is 3.82. The van der Waals surface area contributed by atoms with Gasteiger partial charge in [0.2, 0.25) is 11.8 Å². The maximum Gasteiger partial charge on any atom is 0.255 e. The molecule has 2 aromatic heterocycles. The number of hydrogen-bond donors (Lipinski definition) is 1. The highest BCUT2D eigenvalue weighted by Crippen LogP contribution is 2.29. The highest BCUT2D eigenvalue weighted by Gasteiger charge is 2.39. The average Bonchev–Trinajstić information content (AvgIpc) is 3.41. The Morgan fingerprint density at radius 2 is 2.03 bits per heavy atom. The molecule has 10 heteroatoms. The van der Waals surface area contributed by atoms with E-state index < -0.39 is 11.9 Å². The SMILES string of the molecule is Cn1nccc1-c1cn(-c2ccc3c(c2)C(=O)N(C2CCC(=O)NC2=O)C3)nn1. The molecule has 0 spiro atoms. The van der Waals surface area contributed by atoms with Crippen LogP contribution in [0.5, 0.6) is 0 Å². The lowest BCUT2D eigenvalue weighted by atomic mass is 10.0. The van der Waals surface area contributed by atoms with Gasteiger partial charge in [-0.15, -0.1) is 5.10 Å². The molecule has 0 bridgehead atoms. The Morgan fingerprint density at radius 3 is 2.79 bits per heavy atom. The second-order valence-electron chi connectivity index (χ2n) is 7.13. The van der Waals surface area contributed by atoms with Crippen LogP contribution >= 0.6 is 0 Å². The van der Waals surface area contributed by atoms with E-state index in [2.05, 4.69) is 20.7 Å². The van der Waals surface area contributed by atoms with Crippen molar-refractivity contribution in [2.75, 3.05) is 0 Å². The highest BCUT2D eigenvalue weighted by atomic mass is 16.2. The minimum atomic E-state index is -0.626. The quantitative estimate of drug-likeness (QED) is 0.648. The molecule has 3 amide bonds. The Morgan fingerprint density at radius 1 is 1.17 bits per heavy atom. The summed E-state index contributed by atoms with van der Waals surface area (Å²) in [4.78, 5) is 38.0. The summed E-state index contributed by atoms with van der Waals surface area (Å²) in [5.74, 6) is -0.934. The molecule has 1 N–H and O–H groups in total. The molecule has 0 saturated carbocycles. The number of fused-ring (bicyclic) bond motifs is 1. The molecular weight excluding hydrogens is 374 g/mol. The van der Waals surface area contributed by atoms with Gasteiger partial charge in [-0.1, -0.05) is 11.3 Å². The van der Waals surface area contributed by atoms with Crippen molar-refractivity contribution in [2.45, 2.75) is 25.4 Å². The fraction of sp³-hybridized carbons (Fsp3) is 0.263. The van der Waals surface area contributed by atoms with Gasteiger partial charge in [0, 0.05) is 31.8 Å². The maximum absolute atomic E-state index is 12.9. The number of carbonyl (C=O) groups excluding carboxylic acids is 3. The number of hydrogen-bond acceptors (Lipinski definition) is 6. The Bertz CT molecular complexity index is 1160. The Balaban J connectivity index is 1.42. The summed E-state index contributed by atoms with van der Waals surface area (Å²) in [6.45, 7) is 0.346. The molecule has 2 aliphatic heterocycles. The van der Waals surface area contributed by atoms with Crippen molar-refractivity contribution in [3.8, 4) is 17.1 Å². The number of imide groups is 1. The molecule has 0 radical (unpaired) electrons. The lowest BCUT2D eigenvalue weighted by Gasteiger charge is -2.29. The molecule has 1 atom stereocenters. The standard InChI is InChI=1S/C19H17N7O3/c1-24-15(6-7-20-24)14-10-26(23-22-14)12-3-2-11-9-25(19(29)13(11)8-12)16-4-5-17(27)21-18(16)28/h2-3,6-8,10,16H,4-5,9H2,1H3,(H,21,27,28). The van der Waals surface area contributed by atoms with Gasteiger partial charge in [-0.3, -0.25) is 24.4 Å². The van der Waals surface area contributed by atoms with E-state index in [1.54, 1.807) is 27.8 Å². The zero-order chi connectivity index (χ0) is 20.1. The smallest absolute Gasteiger partial charge is 0.255 e. The van der Waals surface area contributed by atoms with Gasteiger partial charge in [0.15, 0.2) is 0 Å². The van der Waals surface area contributed by atoms with E-state index in [9.17, 15) is 14.4 Å². The third-order valence-corrected chi connectivity index (χ3v) is 5.35. The van der Waals surface area contributed by atoms with Gasteiger partial charge in [0.1, 0.15) is 11.7 Å². The zero-order valence-corrected chi connectivity index (χ0v) is 15.6. The lowest BCUT2D eigenvalue weighted by molar-refractivity contribution is -0.136. The third kappa shape index (κ3) is 2.80. The summed E-state index contributed by atoms with van der Waals surface area (Å²) in [7, 11) is 1.83. The summed E-state index contributed by atoms with van der Waals surface area (Å²) < 4.78 is 3.31. The first-order valence-electron chi connectivity index (χ1n) is 9.20. The van der Waals surface area contributed by atoms with Gasteiger partial charge >= 0.3 is 0 Å². The van der Waals surface area contributed by atoms with Crippen LogP contribution in [0.1, 0.15) is 28.8 Å². The molecule has 1 unspecified atom stereocenters. The number of carbonyl (C=O) groups is 3. The van der Waals surface area contributed by atoms with E-state index in [-0.39, 0.29) is 18.2 Å². The Labute approximate surface area is 165 Å². The minimum Gasteiger partial charge on any atom is -0.322 e. The van der Waals surface area contributed by atoms with Gasteiger partial charge in [0.05, 0.1) is 17.6 Å². The molecular formula is C19H17N7O3. The van der Waals surface area contributed by atoms with Crippen LogP contribution < -0.4 is 5.32 Å². The average molecular weight is 391 g/mol. The van der Waals surface area contributed by atoms with E-state index in [0.29, 0.717) is 29.9 Å². The van der Waals surface area contributed by atoms with Crippen molar-refractivity contribution < 1.29 is 14.4 Å². The normalized spacial score (nSPS) is 18.9. The van der Waals surface area contributed by atoms with Crippen LogP contribution in [-0.2, 0) is 23.2 Å². The number of amides is 3. The summed E-state index contributed by atoms with van der Waals surface area (Å²) in [6, 6.07) is 6.70. The number of benzene rings is 1. The maximum atomic E-state index is 12.9. The van der Waals surface area contributed by atoms with Crippen molar-refractivity contribution in [1.29, 1.82) is 0 Å². The van der Waals surface area contributed by atoms with Gasteiger partial charge in [-0.25, -0.2) is 4.68 Å². The summed E-state index contributed by atoms with van der Waals surface area (Å²) in [5, 5.41) is 14.8. The summed E-state index contributed by atoms with van der Waals surface area (Å²) in [5.41, 5.74) is 3.57. The van der Waals surface area contributed by atoms with Crippen molar-refractivity contribution in [3.05, 3.63) is 47.8 Å². The summed E-state index contributed by atoms with van der Waals surface area (Å²) in [6.07, 6.45) is 4.04. The van der Waals surface area contributed by atoms with E-state index in [4.69, 9.17) is 0 Å². The van der Waals surface area contributed by atoms with Crippen LogP contribution in [0.3, 0.4) is 0 Å². The molecule has 1 fully saturated rings. The first-order chi connectivity index (χ1) is 14.0. The van der Waals surface area contributed by atoms with Crippen molar-refractivity contribution in [1.82, 2.24) is 35.0 Å². The predicted molar refractivity (Wildman–Crippen MR) is 99.6 cm³/mol. The van der Waals surface area contributed by atoms with Crippen LogP contribution in [0, 0.1) is 0 Å². The molecule has 10 nitrogen and oxygen atoms in total. The molecule has 146 valence electrons. The molecule has 1 aromatic carbocycles. The minimum absolute atomic E-state index is 0.219. The van der Waals surface area contributed by atoms with Gasteiger partial charge in [-0.2, -0.15) is 5.10 Å². The van der Waals surface area contributed by atoms with E-state index in [1.807, 2.05) is 25.2 Å². The van der Waals surface area contributed by atoms with E-state index >= 15 is 0 Å². The van der Waals surface area contributed by atoms with Gasteiger partial charge in [-0.05, 0) is 30.2 Å². The number of aromatic nitrogens is 5. The van der Waals surface area contributed by atoms with Crippen LogP contribution in [0.15, 0.2) is 36.7 Å². The van der Waals surface area contributed by atoms with Crippen LogP contribution in [-0.4, -0.2) is 53.4 Å². The van der Waals surface area contributed by atoms with E-state index in [0.717, 1.165) is 11.3 Å². The molecule has 0 aliphatic carbocycles. The molecule has 4 heterocycles. The Hall–Kier alpha value is -3.82. The Kier molecular flexibility index (Phi) is 3.79. The topological polar surface area (TPSA) is 115 Å². The number of rotatable bonds is 3. The second-order valence-corrected chi connectivity index (χ2v) is 7.13. The zero-order valence-electron chi connectivity index (χ0n) is 15.6. The second kappa shape index (κ2) is 6.36. The number of nitrogens with zero attached hydrogens (tertiary/aromatic N) is 6. The molecule has 5 rings (SSSR count). The van der Waals surface area contributed by atoms with Crippen molar-refractivity contribution in [2.24, 2.45) is 7.05 Å². The highest BCUT2D eigenvalue weighted by molar-refractivity contribution is 6.05. The fourth-order valence-electron chi connectivity index (χ4n) is 3.82. The lowest BCUT2D eigenvalue weighted by Crippen LogP contribution is -2.52. The molecule has 2 aliphatic rings. The molecule has 1 saturated heterocycles. The number of nitrogens with one attached hydrogen (secondary N) is 1. The van der Waals surface area contributed by atoms with Gasteiger partial charge < -0.3 is 4.90 Å². The van der Waals surface area contributed by atoms with Crippen molar-refractivity contribution >= 4 is 17.7 Å². The number of piperidine rings is 1. The largest absolute Gasteiger partial charge is 0.322 e. The molecule has 29 heavy (non-hydrogen) atoms. The first kappa shape index (κ1) is 17.3. The summed E-state index contributed by atoms with van der Waals surface area (Å²) >= 11 is 0. The first-order valence-corrected chi connectivity index (χ1v) is 9.20. The number of aryl methyl sites for hydroxylation is 1. The molecule has 3 aromatic rings. The van der Waals surface area contributed by atoms with Crippen LogP contribution in [0.4, 0.5) is 0 Å². The van der Waals surface area contributed by atoms with Gasteiger partial charge in [0.25, 0.3) is 5.91 Å². The van der Waals surface area contributed by atoms with Crippen LogP contribution in [0.25, 0.3) is 17.1 Å².